The molecule has 2 N–H and O–H groups in total. The van der Waals surface area contributed by atoms with Gasteiger partial charge in [-0.1, -0.05) is 26.0 Å². The number of Topliss-reactive ketones (excluding diaryl/α,β-unsaturated/α-hetero) is 1. The number of aliphatic carboxylic acids is 1. The van der Waals surface area contributed by atoms with Gasteiger partial charge in [0, 0.05) is 24.7 Å². The Morgan fingerprint density at radius 3 is 2.39 bits per heavy atom. The average Bonchev–Trinajstić information content (AvgIpc) is 3.04. The Bertz CT molecular complexity index is 949. The van der Waals surface area contributed by atoms with Gasteiger partial charge in [0.25, 0.3) is 0 Å². The molecule has 7 atom stereocenters. The lowest BCUT2D eigenvalue weighted by Gasteiger charge is -2.58. The van der Waals surface area contributed by atoms with Crippen molar-refractivity contribution in [1.29, 1.82) is 0 Å². The van der Waals surface area contributed by atoms with E-state index in [0.29, 0.717) is 0 Å². The van der Waals surface area contributed by atoms with E-state index in [0.717, 1.165) is 6.92 Å². The number of methoxy groups -OCH3 is 1. The molecule has 0 aromatic rings. The molecule has 10 nitrogen and oxygen atoms in total. The van der Waals surface area contributed by atoms with E-state index in [4.69, 9.17) is 9.47 Å². The largest absolute Gasteiger partial charge is 0.481 e. The summed E-state index contributed by atoms with van der Waals surface area (Å²) >= 11 is 0. The number of carbonyl (C=O) groups excluding carboxylic acids is 4. The summed E-state index contributed by atoms with van der Waals surface area (Å²) in [6.45, 7) is 4.49. The van der Waals surface area contributed by atoms with Crippen LogP contribution in [0.5, 0.6) is 0 Å². The van der Waals surface area contributed by atoms with Crippen LogP contribution in [0.4, 0.5) is 0 Å². The lowest BCUT2D eigenvalue weighted by Crippen LogP contribution is -2.63. The van der Waals surface area contributed by atoms with E-state index in [9.17, 15) is 34.2 Å². The standard InChI is InChI=1S/C23H28O10/c1-11(24)32-15-10-14(21(30)31-4)23(3)8-6-13(19(27)28)22(2,18(23)17(15)26)7-5-12-9-16(25)33-20(12)29/h5,7,9,13-16,18,25H,6,8,10H2,1-4H3,(H,27,28). The zero-order valence-electron chi connectivity index (χ0n) is 18.9. The van der Waals surface area contributed by atoms with Gasteiger partial charge < -0.3 is 24.4 Å². The van der Waals surface area contributed by atoms with Crippen LogP contribution in [0.1, 0.15) is 40.0 Å². The molecule has 0 saturated heterocycles. The summed E-state index contributed by atoms with van der Waals surface area (Å²) in [5, 5.41) is 19.5. The van der Waals surface area contributed by atoms with Crippen LogP contribution in [-0.4, -0.2) is 59.4 Å². The molecule has 0 aromatic carbocycles. The Morgan fingerprint density at radius 2 is 1.88 bits per heavy atom. The molecule has 180 valence electrons. The maximum absolute atomic E-state index is 13.7. The van der Waals surface area contributed by atoms with Crippen molar-refractivity contribution in [1.82, 2.24) is 0 Å². The number of carbonyl (C=O) groups is 5. The number of esters is 3. The first-order chi connectivity index (χ1) is 15.3. The van der Waals surface area contributed by atoms with Crippen molar-refractivity contribution in [3.63, 3.8) is 0 Å². The maximum atomic E-state index is 13.7. The van der Waals surface area contributed by atoms with Gasteiger partial charge in [0.2, 0.25) is 6.29 Å². The van der Waals surface area contributed by atoms with Crippen molar-refractivity contribution < 1.29 is 48.4 Å². The molecule has 10 heteroatoms. The van der Waals surface area contributed by atoms with Crippen molar-refractivity contribution in [2.75, 3.05) is 7.11 Å². The number of hydrogen-bond donors (Lipinski definition) is 2. The zero-order valence-corrected chi connectivity index (χ0v) is 18.9. The number of carboxylic acid groups (broad SMARTS) is 1. The van der Waals surface area contributed by atoms with Gasteiger partial charge in [0.15, 0.2) is 11.9 Å². The number of allylic oxidation sites excluding steroid dienone is 1. The van der Waals surface area contributed by atoms with Crippen molar-refractivity contribution in [3.8, 4) is 0 Å². The fraction of sp³-hybridized carbons (Fsp3) is 0.609. The molecule has 0 aromatic heterocycles. The number of hydrogen-bond acceptors (Lipinski definition) is 9. The summed E-state index contributed by atoms with van der Waals surface area (Å²) < 4.78 is 14.9. The van der Waals surface area contributed by atoms with Crippen LogP contribution < -0.4 is 0 Å². The first-order valence-electron chi connectivity index (χ1n) is 10.7. The van der Waals surface area contributed by atoms with Crippen molar-refractivity contribution in [2.24, 2.45) is 28.6 Å². The Morgan fingerprint density at radius 1 is 1.21 bits per heavy atom. The number of fused-ring (bicyclic) bond motifs is 1. The van der Waals surface area contributed by atoms with Crippen LogP contribution in [0.2, 0.25) is 0 Å². The van der Waals surface area contributed by atoms with Crippen LogP contribution >= 0.6 is 0 Å². The molecule has 2 fully saturated rings. The lowest BCUT2D eigenvalue weighted by atomic mass is 9.44. The zero-order chi connectivity index (χ0) is 24.7. The number of aliphatic hydroxyl groups is 1. The number of cyclic esters (lactones) is 1. The molecular formula is C23H28O10. The Balaban J connectivity index is 2.15. The van der Waals surface area contributed by atoms with Gasteiger partial charge in [0.05, 0.1) is 24.5 Å². The van der Waals surface area contributed by atoms with E-state index in [-0.39, 0.29) is 24.8 Å². The van der Waals surface area contributed by atoms with E-state index in [2.05, 4.69) is 4.74 Å². The molecule has 3 aliphatic rings. The predicted molar refractivity (Wildman–Crippen MR) is 110 cm³/mol. The molecule has 3 rings (SSSR count). The molecule has 7 unspecified atom stereocenters. The van der Waals surface area contributed by atoms with Gasteiger partial charge in [0.1, 0.15) is 0 Å². The molecule has 0 bridgehead atoms. The highest BCUT2D eigenvalue weighted by molar-refractivity contribution is 5.95. The van der Waals surface area contributed by atoms with Crippen LogP contribution in [0.3, 0.4) is 0 Å². The summed E-state index contributed by atoms with van der Waals surface area (Å²) in [5.41, 5.74) is -2.31. The minimum atomic E-state index is -1.41. The Labute approximate surface area is 190 Å². The van der Waals surface area contributed by atoms with E-state index in [1.165, 1.54) is 25.3 Å². The van der Waals surface area contributed by atoms with E-state index in [1.807, 2.05) is 0 Å². The highest BCUT2D eigenvalue weighted by Gasteiger charge is 2.65. The Hall–Kier alpha value is -3.01. The molecule has 0 amide bonds. The fourth-order valence-corrected chi connectivity index (χ4v) is 5.86. The molecule has 0 radical (unpaired) electrons. The quantitative estimate of drug-likeness (QED) is 0.447. The van der Waals surface area contributed by atoms with Crippen LogP contribution in [0.15, 0.2) is 23.8 Å². The maximum Gasteiger partial charge on any atom is 0.340 e. The van der Waals surface area contributed by atoms with Gasteiger partial charge >= 0.3 is 23.9 Å². The second-order valence-electron chi connectivity index (χ2n) is 9.30. The molecule has 2 saturated carbocycles. The summed E-state index contributed by atoms with van der Waals surface area (Å²) in [5.74, 6) is -6.52. The van der Waals surface area contributed by atoms with E-state index >= 15 is 0 Å². The number of aliphatic hydroxyl groups excluding tert-OH is 1. The van der Waals surface area contributed by atoms with E-state index in [1.54, 1.807) is 13.8 Å². The fourth-order valence-electron chi connectivity index (χ4n) is 5.86. The first kappa shape index (κ1) is 24.6. The highest BCUT2D eigenvalue weighted by Crippen LogP contribution is 2.62. The van der Waals surface area contributed by atoms with Gasteiger partial charge in [-0.3, -0.25) is 19.2 Å². The third-order valence-corrected chi connectivity index (χ3v) is 7.35. The van der Waals surface area contributed by atoms with Crippen molar-refractivity contribution >= 4 is 29.7 Å². The normalized spacial score (nSPS) is 38.3. The summed E-state index contributed by atoms with van der Waals surface area (Å²) in [6, 6.07) is 0. The topological polar surface area (TPSA) is 154 Å². The van der Waals surface area contributed by atoms with E-state index < -0.39 is 70.6 Å². The number of ketones is 1. The first-order valence-corrected chi connectivity index (χ1v) is 10.7. The van der Waals surface area contributed by atoms with Crippen molar-refractivity contribution in [3.05, 3.63) is 23.8 Å². The Kier molecular flexibility index (Phi) is 6.52. The van der Waals surface area contributed by atoms with Gasteiger partial charge in [-0.15, -0.1) is 0 Å². The predicted octanol–water partition coefficient (Wildman–Crippen LogP) is 1.16. The average molecular weight is 464 g/mol. The third kappa shape index (κ3) is 4.19. The summed E-state index contributed by atoms with van der Waals surface area (Å²) in [6.07, 6.45) is 1.69. The minimum absolute atomic E-state index is 0.0180. The second-order valence-corrected chi connectivity index (χ2v) is 9.30. The summed E-state index contributed by atoms with van der Waals surface area (Å²) in [7, 11) is 1.23. The van der Waals surface area contributed by atoms with Gasteiger partial charge in [-0.25, -0.2) is 4.79 Å². The third-order valence-electron chi connectivity index (χ3n) is 7.35. The summed E-state index contributed by atoms with van der Waals surface area (Å²) in [4.78, 5) is 62.2. The molecule has 33 heavy (non-hydrogen) atoms. The molecule has 1 heterocycles. The smallest absolute Gasteiger partial charge is 0.340 e. The molecule has 2 aliphatic carbocycles. The van der Waals surface area contributed by atoms with Crippen LogP contribution in [0, 0.1) is 28.6 Å². The minimum Gasteiger partial charge on any atom is -0.481 e. The van der Waals surface area contributed by atoms with Crippen molar-refractivity contribution in [2.45, 2.75) is 52.4 Å². The van der Waals surface area contributed by atoms with Gasteiger partial charge in [-0.2, -0.15) is 0 Å². The van der Waals surface area contributed by atoms with Gasteiger partial charge in [-0.05, 0) is 24.3 Å². The van der Waals surface area contributed by atoms with Crippen LogP contribution in [0.25, 0.3) is 0 Å². The SMILES string of the molecule is COC(=O)C1CC(OC(C)=O)C(=O)C2C(C)(C=CC3=CC(O)OC3=O)C(C(=O)O)CCC12C. The highest BCUT2D eigenvalue weighted by atomic mass is 16.6. The molecule has 1 aliphatic heterocycles. The lowest BCUT2D eigenvalue weighted by molar-refractivity contribution is -0.188. The number of rotatable bonds is 5. The number of ether oxygens (including phenoxy) is 3. The monoisotopic (exact) mass is 464 g/mol. The second kappa shape index (κ2) is 8.74. The number of carboxylic acids is 1. The molecule has 0 spiro atoms. The van der Waals surface area contributed by atoms with Crippen LogP contribution in [-0.2, 0) is 38.2 Å². The molecular weight excluding hydrogens is 436 g/mol.